The van der Waals surface area contributed by atoms with E-state index in [1.54, 1.807) is 11.1 Å². The Morgan fingerprint density at radius 1 is 1.37 bits per heavy atom. The lowest BCUT2D eigenvalue weighted by atomic mass is 9.92. The molecule has 0 bridgehead atoms. The van der Waals surface area contributed by atoms with Crippen molar-refractivity contribution in [2.75, 3.05) is 6.54 Å². The zero-order chi connectivity index (χ0) is 19.4. The van der Waals surface area contributed by atoms with Crippen molar-refractivity contribution in [2.45, 2.75) is 52.1 Å². The average Bonchev–Trinajstić information content (AvgIpc) is 3.12. The van der Waals surface area contributed by atoms with E-state index in [9.17, 15) is 9.59 Å². The molecule has 1 aliphatic rings. The zero-order valence-electron chi connectivity index (χ0n) is 16.2. The molecule has 7 nitrogen and oxygen atoms in total. The van der Waals surface area contributed by atoms with Gasteiger partial charge in [0.2, 0.25) is 11.8 Å². The summed E-state index contributed by atoms with van der Waals surface area (Å²) in [6, 6.07) is 7.62. The molecule has 144 valence electrons. The molecule has 3 rings (SSSR count). The van der Waals surface area contributed by atoms with Gasteiger partial charge in [-0.3, -0.25) is 19.7 Å². The second-order valence-electron chi connectivity index (χ2n) is 8.08. The van der Waals surface area contributed by atoms with Crippen molar-refractivity contribution < 1.29 is 9.59 Å². The number of pyridine rings is 1. The number of amides is 2. The molecule has 1 atom stereocenters. The van der Waals surface area contributed by atoms with Gasteiger partial charge in [0.1, 0.15) is 0 Å². The fraction of sp³-hybridized carbons (Fsp3) is 0.500. The maximum atomic E-state index is 12.6. The number of aromatic nitrogens is 3. The molecule has 0 unspecified atom stereocenters. The fourth-order valence-corrected chi connectivity index (χ4v) is 3.13. The molecule has 1 saturated heterocycles. The van der Waals surface area contributed by atoms with Gasteiger partial charge in [0.05, 0.1) is 36.1 Å². The molecule has 0 aliphatic carbocycles. The number of aromatic amines is 1. The SMILES string of the molecule is CC(C)(C)c1cc(CNC(=O)[C@@H]2CCC(=O)N(Cc3ccccn3)C2)[nH]n1. The van der Waals surface area contributed by atoms with Gasteiger partial charge >= 0.3 is 0 Å². The average molecular weight is 369 g/mol. The minimum Gasteiger partial charge on any atom is -0.350 e. The van der Waals surface area contributed by atoms with Crippen LogP contribution in [0.25, 0.3) is 0 Å². The number of nitrogens with zero attached hydrogens (tertiary/aromatic N) is 3. The molecule has 0 saturated carbocycles. The van der Waals surface area contributed by atoms with Gasteiger partial charge in [-0.2, -0.15) is 5.10 Å². The molecule has 1 fully saturated rings. The molecule has 2 aromatic heterocycles. The Kier molecular flexibility index (Phi) is 5.58. The number of nitrogens with one attached hydrogen (secondary N) is 2. The summed E-state index contributed by atoms with van der Waals surface area (Å²) in [5, 5.41) is 10.3. The topological polar surface area (TPSA) is 91.0 Å². The van der Waals surface area contributed by atoms with E-state index in [0.717, 1.165) is 17.1 Å². The predicted octanol–water partition coefficient (Wildman–Crippen LogP) is 2.16. The normalized spacial score (nSPS) is 17.8. The number of rotatable bonds is 5. The van der Waals surface area contributed by atoms with Gasteiger partial charge in [-0.25, -0.2) is 0 Å². The van der Waals surface area contributed by atoms with Crippen LogP contribution in [-0.4, -0.2) is 38.4 Å². The van der Waals surface area contributed by atoms with E-state index in [1.165, 1.54) is 0 Å². The molecular weight excluding hydrogens is 342 g/mol. The van der Waals surface area contributed by atoms with E-state index in [-0.39, 0.29) is 23.1 Å². The van der Waals surface area contributed by atoms with E-state index in [2.05, 4.69) is 41.3 Å². The Bertz CT molecular complexity index is 794. The summed E-state index contributed by atoms with van der Waals surface area (Å²) in [4.78, 5) is 30.8. The summed E-state index contributed by atoms with van der Waals surface area (Å²) in [6.07, 6.45) is 2.69. The van der Waals surface area contributed by atoms with Crippen molar-refractivity contribution in [3.05, 3.63) is 47.5 Å². The third-order valence-corrected chi connectivity index (χ3v) is 4.80. The monoisotopic (exact) mass is 369 g/mol. The van der Waals surface area contributed by atoms with Crippen LogP contribution in [0.2, 0.25) is 0 Å². The van der Waals surface area contributed by atoms with Crippen molar-refractivity contribution in [2.24, 2.45) is 5.92 Å². The van der Waals surface area contributed by atoms with Crippen molar-refractivity contribution in [1.29, 1.82) is 0 Å². The van der Waals surface area contributed by atoms with Crippen LogP contribution in [0.15, 0.2) is 30.5 Å². The van der Waals surface area contributed by atoms with Gasteiger partial charge in [0, 0.05) is 24.6 Å². The second-order valence-corrected chi connectivity index (χ2v) is 8.08. The molecule has 0 spiro atoms. The number of carbonyl (C=O) groups is 2. The van der Waals surface area contributed by atoms with Crippen LogP contribution in [0.1, 0.15) is 50.7 Å². The summed E-state index contributed by atoms with van der Waals surface area (Å²) in [5.74, 6) is -0.148. The quantitative estimate of drug-likeness (QED) is 0.845. The third-order valence-electron chi connectivity index (χ3n) is 4.80. The number of hydrogen-bond donors (Lipinski definition) is 2. The summed E-state index contributed by atoms with van der Waals surface area (Å²) in [6.45, 7) is 7.57. The smallest absolute Gasteiger partial charge is 0.225 e. The summed E-state index contributed by atoms with van der Waals surface area (Å²) in [7, 11) is 0. The van der Waals surface area contributed by atoms with Gasteiger partial charge in [0.15, 0.2) is 0 Å². The summed E-state index contributed by atoms with van der Waals surface area (Å²) >= 11 is 0. The first-order chi connectivity index (χ1) is 12.8. The highest BCUT2D eigenvalue weighted by Crippen LogP contribution is 2.21. The lowest BCUT2D eigenvalue weighted by Gasteiger charge is -2.31. The Morgan fingerprint density at radius 2 is 2.19 bits per heavy atom. The molecule has 0 radical (unpaired) electrons. The van der Waals surface area contributed by atoms with Gasteiger partial charge < -0.3 is 10.2 Å². The minimum atomic E-state index is -0.198. The fourth-order valence-electron chi connectivity index (χ4n) is 3.13. The summed E-state index contributed by atoms with van der Waals surface area (Å²) < 4.78 is 0. The molecule has 2 amide bonds. The van der Waals surface area contributed by atoms with E-state index >= 15 is 0 Å². The van der Waals surface area contributed by atoms with Gasteiger partial charge in [-0.05, 0) is 24.6 Å². The molecule has 7 heteroatoms. The number of hydrogen-bond acceptors (Lipinski definition) is 4. The van der Waals surface area contributed by atoms with E-state index in [0.29, 0.717) is 32.5 Å². The molecule has 3 heterocycles. The highest BCUT2D eigenvalue weighted by atomic mass is 16.2. The van der Waals surface area contributed by atoms with E-state index in [4.69, 9.17) is 0 Å². The molecule has 27 heavy (non-hydrogen) atoms. The van der Waals surface area contributed by atoms with Crippen LogP contribution in [0.5, 0.6) is 0 Å². The standard InChI is InChI=1S/C20H27N5O2/c1-20(2,3)17-10-16(23-24-17)11-22-19(27)14-7-8-18(26)25(12-14)13-15-6-4-5-9-21-15/h4-6,9-10,14H,7-8,11-13H2,1-3H3,(H,22,27)(H,23,24)/t14-/m1/s1. The first kappa shape index (κ1) is 19.1. The Morgan fingerprint density at radius 3 is 2.85 bits per heavy atom. The zero-order valence-corrected chi connectivity index (χ0v) is 16.2. The van der Waals surface area contributed by atoms with Crippen molar-refractivity contribution in [3.63, 3.8) is 0 Å². The highest BCUT2D eigenvalue weighted by molar-refractivity contribution is 5.83. The molecule has 1 aliphatic heterocycles. The lowest BCUT2D eigenvalue weighted by Crippen LogP contribution is -2.45. The van der Waals surface area contributed by atoms with Crippen molar-refractivity contribution >= 4 is 11.8 Å². The number of likely N-dealkylation sites (tertiary alicyclic amines) is 1. The largest absolute Gasteiger partial charge is 0.350 e. The molecule has 2 N–H and O–H groups in total. The molecular formula is C20H27N5O2. The van der Waals surface area contributed by atoms with Crippen LogP contribution >= 0.6 is 0 Å². The summed E-state index contributed by atoms with van der Waals surface area (Å²) in [5.41, 5.74) is 2.65. The number of carbonyl (C=O) groups excluding carboxylic acids is 2. The lowest BCUT2D eigenvalue weighted by molar-refractivity contribution is -0.139. The van der Waals surface area contributed by atoms with Crippen LogP contribution in [0.3, 0.4) is 0 Å². The predicted molar refractivity (Wildman–Crippen MR) is 102 cm³/mol. The van der Waals surface area contributed by atoms with Crippen LogP contribution in [0.4, 0.5) is 0 Å². The Labute approximate surface area is 159 Å². The van der Waals surface area contributed by atoms with Crippen molar-refractivity contribution in [1.82, 2.24) is 25.4 Å². The van der Waals surface area contributed by atoms with E-state index < -0.39 is 0 Å². The second kappa shape index (κ2) is 7.90. The number of H-pyrrole nitrogens is 1. The third kappa shape index (κ3) is 4.93. The van der Waals surface area contributed by atoms with Crippen molar-refractivity contribution in [3.8, 4) is 0 Å². The van der Waals surface area contributed by atoms with E-state index in [1.807, 2.05) is 24.3 Å². The maximum absolute atomic E-state index is 12.6. The molecule has 0 aromatic carbocycles. The Balaban J connectivity index is 1.55. The van der Waals surface area contributed by atoms with Crippen LogP contribution in [0, 0.1) is 5.92 Å². The minimum absolute atomic E-state index is 0.0274. The maximum Gasteiger partial charge on any atom is 0.225 e. The molecule has 2 aromatic rings. The van der Waals surface area contributed by atoms with Gasteiger partial charge in [0.25, 0.3) is 0 Å². The Hall–Kier alpha value is -2.70. The first-order valence-electron chi connectivity index (χ1n) is 9.33. The number of piperidine rings is 1. The van der Waals surface area contributed by atoms with Gasteiger partial charge in [-0.1, -0.05) is 26.8 Å². The van der Waals surface area contributed by atoms with Crippen LogP contribution < -0.4 is 5.32 Å². The first-order valence-corrected chi connectivity index (χ1v) is 9.33. The highest BCUT2D eigenvalue weighted by Gasteiger charge is 2.30. The van der Waals surface area contributed by atoms with Gasteiger partial charge in [-0.15, -0.1) is 0 Å². The van der Waals surface area contributed by atoms with Crippen LogP contribution in [-0.2, 0) is 28.1 Å².